The highest BCUT2D eigenvalue weighted by Crippen LogP contribution is 2.44. The number of hydrogen-bond donors (Lipinski definition) is 0. The predicted octanol–water partition coefficient (Wildman–Crippen LogP) is 1.51. The fourth-order valence-electron chi connectivity index (χ4n) is 1.73. The number of carbonyl (C=O) groups excluding carboxylic acids is 1. The number of fused-ring (bicyclic) bond motifs is 1. The lowest BCUT2D eigenvalue weighted by Gasteiger charge is -2.23. The number of allylic oxidation sites excluding steroid dienone is 1. The Morgan fingerprint density at radius 1 is 1.55 bits per heavy atom. The molecule has 0 N–H and O–H groups in total. The van der Waals surface area contributed by atoms with Crippen LogP contribution in [0.4, 0.5) is 0 Å². The summed E-state index contributed by atoms with van der Waals surface area (Å²) in [5, 5.41) is 0. The standard InChI is InChI=1S/C9H12O2/c1-5-7-6(11-7)4-9(2,3)8(5)10/h4-5,7H,1-3H3. The van der Waals surface area contributed by atoms with Gasteiger partial charge >= 0.3 is 0 Å². The van der Waals surface area contributed by atoms with E-state index in [1.165, 1.54) is 0 Å². The zero-order valence-corrected chi connectivity index (χ0v) is 7.05. The van der Waals surface area contributed by atoms with Gasteiger partial charge < -0.3 is 4.74 Å². The van der Waals surface area contributed by atoms with Crippen LogP contribution in [-0.2, 0) is 9.53 Å². The summed E-state index contributed by atoms with van der Waals surface area (Å²) < 4.78 is 5.24. The Morgan fingerprint density at radius 3 is 2.82 bits per heavy atom. The van der Waals surface area contributed by atoms with Crippen LogP contribution < -0.4 is 0 Å². The quantitative estimate of drug-likeness (QED) is 0.492. The molecule has 0 amide bonds. The minimum Gasteiger partial charge on any atom is -0.482 e. The third-order valence-corrected chi connectivity index (χ3v) is 2.49. The SMILES string of the molecule is CC1C(=O)C(C)(C)C=C2OC21. The second kappa shape index (κ2) is 1.68. The Labute approximate surface area is 66.2 Å². The molecule has 0 aromatic heterocycles. The van der Waals surface area contributed by atoms with Crippen LogP contribution in [0.2, 0.25) is 0 Å². The molecule has 0 saturated carbocycles. The van der Waals surface area contributed by atoms with Gasteiger partial charge in [0.05, 0.1) is 5.92 Å². The molecule has 0 spiro atoms. The van der Waals surface area contributed by atoms with Gasteiger partial charge in [0.25, 0.3) is 0 Å². The average molecular weight is 152 g/mol. The van der Waals surface area contributed by atoms with Gasteiger partial charge in [-0.2, -0.15) is 0 Å². The molecule has 0 aromatic rings. The van der Waals surface area contributed by atoms with Gasteiger partial charge in [0, 0.05) is 5.41 Å². The van der Waals surface area contributed by atoms with Crippen molar-refractivity contribution < 1.29 is 9.53 Å². The maximum Gasteiger partial charge on any atom is 0.164 e. The van der Waals surface area contributed by atoms with Gasteiger partial charge in [-0.05, 0) is 19.9 Å². The normalized spacial score (nSPS) is 38.8. The summed E-state index contributed by atoms with van der Waals surface area (Å²) in [5.74, 6) is 1.37. The molecule has 1 aliphatic carbocycles. The van der Waals surface area contributed by atoms with Crippen LogP contribution in [0, 0.1) is 11.3 Å². The number of rotatable bonds is 0. The van der Waals surface area contributed by atoms with Crippen molar-refractivity contribution in [3.8, 4) is 0 Å². The van der Waals surface area contributed by atoms with Gasteiger partial charge in [0.15, 0.2) is 6.10 Å². The van der Waals surface area contributed by atoms with Gasteiger partial charge in [-0.15, -0.1) is 0 Å². The van der Waals surface area contributed by atoms with Crippen molar-refractivity contribution in [1.82, 2.24) is 0 Å². The van der Waals surface area contributed by atoms with Crippen molar-refractivity contribution in [1.29, 1.82) is 0 Å². The van der Waals surface area contributed by atoms with Gasteiger partial charge in [0.1, 0.15) is 11.5 Å². The Bertz CT molecular complexity index is 250. The third-order valence-electron chi connectivity index (χ3n) is 2.49. The van der Waals surface area contributed by atoms with Crippen molar-refractivity contribution >= 4 is 5.78 Å². The highest BCUT2D eigenvalue weighted by Gasteiger charge is 2.50. The van der Waals surface area contributed by atoms with E-state index in [-0.39, 0.29) is 17.4 Å². The number of ketones is 1. The molecule has 0 aromatic carbocycles. The third kappa shape index (κ3) is 0.817. The molecule has 1 saturated heterocycles. The van der Waals surface area contributed by atoms with Gasteiger partial charge in [0.2, 0.25) is 0 Å². The smallest absolute Gasteiger partial charge is 0.164 e. The molecule has 2 rings (SSSR count). The molecule has 0 bridgehead atoms. The van der Waals surface area contributed by atoms with E-state index in [1.807, 2.05) is 26.8 Å². The van der Waals surface area contributed by atoms with Crippen molar-refractivity contribution in [2.45, 2.75) is 26.9 Å². The van der Waals surface area contributed by atoms with Crippen molar-refractivity contribution in [2.24, 2.45) is 11.3 Å². The summed E-state index contributed by atoms with van der Waals surface area (Å²) >= 11 is 0. The van der Waals surface area contributed by atoms with Crippen LogP contribution >= 0.6 is 0 Å². The van der Waals surface area contributed by atoms with Gasteiger partial charge in [-0.1, -0.05) is 6.92 Å². The average Bonchev–Trinajstić information content (AvgIpc) is 2.61. The van der Waals surface area contributed by atoms with E-state index in [9.17, 15) is 4.79 Å². The number of ether oxygens (including phenoxy) is 1. The fraction of sp³-hybridized carbons (Fsp3) is 0.667. The van der Waals surface area contributed by atoms with E-state index in [2.05, 4.69) is 0 Å². The van der Waals surface area contributed by atoms with E-state index in [0.717, 1.165) is 5.76 Å². The van der Waals surface area contributed by atoms with Crippen LogP contribution in [0.3, 0.4) is 0 Å². The lowest BCUT2D eigenvalue weighted by molar-refractivity contribution is -0.129. The van der Waals surface area contributed by atoms with E-state index in [1.54, 1.807) is 0 Å². The van der Waals surface area contributed by atoms with Crippen LogP contribution in [-0.4, -0.2) is 11.9 Å². The maximum atomic E-state index is 11.6. The summed E-state index contributed by atoms with van der Waals surface area (Å²) in [7, 11) is 0. The number of hydrogen-bond acceptors (Lipinski definition) is 2. The van der Waals surface area contributed by atoms with Crippen LogP contribution in [0.15, 0.2) is 11.8 Å². The molecular weight excluding hydrogens is 140 g/mol. The molecule has 2 aliphatic rings. The van der Waals surface area contributed by atoms with Gasteiger partial charge in [-0.25, -0.2) is 0 Å². The number of carbonyl (C=O) groups is 1. The predicted molar refractivity (Wildman–Crippen MR) is 40.9 cm³/mol. The first-order valence-electron chi connectivity index (χ1n) is 3.96. The molecule has 2 unspecified atom stereocenters. The lowest BCUT2D eigenvalue weighted by atomic mass is 9.76. The molecule has 2 heteroatoms. The minimum absolute atomic E-state index is 0.0602. The number of epoxide rings is 1. The fourth-order valence-corrected chi connectivity index (χ4v) is 1.73. The molecule has 0 radical (unpaired) electrons. The minimum atomic E-state index is -0.304. The zero-order valence-electron chi connectivity index (χ0n) is 7.05. The lowest BCUT2D eigenvalue weighted by Crippen LogP contribution is -2.33. The Balaban J connectivity index is 2.39. The topological polar surface area (TPSA) is 29.6 Å². The van der Waals surface area contributed by atoms with Gasteiger partial charge in [-0.3, -0.25) is 4.79 Å². The Morgan fingerprint density at radius 2 is 2.18 bits per heavy atom. The van der Waals surface area contributed by atoms with E-state index in [4.69, 9.17) is 4.74 Å². The zero-order chi connectivity index (χ0) is 8.22. The van der Waals surface area contributed by atoms with Crippen molar-refractivity contribution in [2.75, 3.05) is 0 Å². The Hall–Kier alpha value is -0.790. The molecule has 11 heavy (non-hydrogen) atoms. The largest absolute Gasteiger partial charge is 0.482 e. The molecular formula is C9H12O2. The molecule has 1 aliphatic heterocycles. The summed E-state index contributed by atoms with van der Waals surface area (Å²) in [6, 6.07) is 0. The molecule has 2 atom stereocenters. The van der Waals surface area contributed by atoms with Crippen LogP contribution in [0.1, 0.15) is 20.8 Å². The summed E-state index contributed by atoms with van der Waals surface area (Å²) in [6.07, 6.45) is 2.07. The first kappa shape index (κ1) is 6.89. The van der Waals surface area contributed by atoms with E-state index in [0.29, 0.717) is 5.78 Å². The highest BCUT2D eigenvalue weighted by atomic mass is 16.6. The molecule has 2 nitrogen and oxygen atoms in total. The van der Waals surface area contributed by atoms with Crippen molar-refractivity contribution in [3.63, 3.8) is 0 Å². The maximum absolute atomic E-state index is 11.6. The number of Topliss-reactive ketones (excluding diaryl/α,β-unsaturated/α-hetero) is 1. The first-order chi connectivity index (χ1) is 5.02. The molecule has 1 heterocycles. The highest BCUT2D eigenvalue weighted by molar-refractivity contribution is 5.90. The second-order valence-corrected chi connectivity index (χ2v) is 3.96. The second-order valence-electron chi connectivity index (χ2n) is 3.96. The summed E-state index contributed by atoms with van der Waals surface area (Å²) in [5.41, 5.74) is -0.304. The van der Waals surface area contributed by atoms with Crippen molar-refractivity contribution in [3.05, 3.63) is 11.8 Å². The van der Waals surface area contributed by atoms with Crippen LogP contribution in [0.5, 0.6) is 0 Å². The summed E-state index contributed by atoms with van der Waals surface area (Å²) in [4.78, 5) is 11.6. The monoisotopic (exact) mass is 152 g/mol. The molecule has 1 fully saturated rings. The molecule has 60 valence electrons. The van der Waals surface area contributed by atoms with Crippen LogP contribution in [0.25, 0.3) is 0 Å². The Kier molecular flexibility index (Phi) is 1.05. The summed E-state index contributed by atoms with van der Waals surface area (Å²) in [6.45, 7) is 5.82. The van der Waals surface area contributed by atoms with E-state index < -0.39 is 0 Å². The van der Waals surface area contributed by atoms with E-state index >= 15 is 0 Å². The first-order valence-corrected chi connectivity index (χ1v) is 3.96.